The van der Waals surface area contributed by atoms with E-state index in [0.717, 1.165) is 12.5 Å². The van der Waals surface area contributed by atoms with Crippen molar-refractivity contribution in [2.24, 2.45) is 16.7 Å². The molecule has 0 aromatic carbocycles. The molecular formula is C14H22BrNS. The van der Waals surface area contributed by atoms with Crippen LogP contribution in [0.4, 0.5) is 0 Å². The van der Waals surface area contributed by atoms with Crippen molar-refractivity contribution in [1.29, 1.82) is 0 Å². The molecule has 0 aliphatic heterocycles. The van der Waals surface area contributed by atoms with Crippen molar-refractivity contribution < 1.29 is 0 Å². The van der Waals surface area contributed by atoms with E-state index in [9.17, 15) is 0 Å². The molecule has 1 aliphatic rings. The van der Waals surface area contributed by atoms with Crippen LogP contribution in [0.25, 0.3) is 0 Å². The van der Waals surface area contributed by atoms with Gasteiger partial charge in [0, 0.05) is 20.8 Å². The molecule has 1 nitrogen and oxygen atoms in total. The van der Waals surface area contributed by atoms with Gasteiger partial charge in [-0.05, 0) is 52.2 Å². The molecule has 1 N–H and O–H groups in total. The molecule has 0 saturated heterocycles. The zero-order valence-electron chi connectivity index (χ0n) is 11.3. The molecule has 17 heavy (non-hydrogen) atoms. The predicted octanol–water partition coefficient (Wildman–Crippen LogP) is 4.84. The van der Waals surface area contributed by atoms with E-state index in [1.165, 1.54) is 9.35 Å². The lowest BCUT2D eigenvalue weighted by molar-refractivity contribution is 0.457. The summed E-state index contributed by atoms with van der Waals surface area (Å²) >= 11 is 5.33. The minimum atomic E-state index is 0.457. The average molecular weight is 316 g/mol. The van der Waals surface area contributed by atoms with E-state index >= 15 is 0 Å². The molecular weight excluding hydrogens is 294 g/mol. The second-order valence-electron chi connectivity index (χ2n) is 6.29. The SMILES string of the molecule is CC(NCC1C(C)(C)C1(C)C)c1cc(Br)cs1. The molecule has 1 aromatic heterocycles. The molecule has 1 saturated carbocycles. The van der Waals surface area contributed by atoms with Gasteiger partial charge in [0.2, 0.25) is 0 Å². The Bertz CT molecular complexity index is 394. The zero-order chi connectivity index (χ0) is 12.8. The van der Waals surface area contributed by atoms with Gasteiger partial charge in [-0.3, -0.25) is 0 Å². The molecule has 0 bridgehead atoms. The Hall–Kier alpha value is 0.140. The molecule has 1 aromatic rings. The molecule has 0 amide bonds. The average Bonchev–Trinajstić information content (AvgIpc) is 2.55. The lowest BCUT2D eigenvalue weighted by Gasteiger charge is -2.12. The summed E-state index contributed by atoms with van der Waals surface area (Å²) in [4.78, 5) is 1.41. The van der Waals surface area contributed by atoms with Crippen LogP contribution in [-0.4, -0.2) is 6.54 Å². The summed E-state index contributed by atoms with van der Waals surface area (Å²) in [6, 6.07) is 2.67. The summed E-state index contributed by atoms with van der Waals surface area (Å²) in [5, 5.41) is 5.83. The first-order valence-electron chi connectivity index (χ1n) is 6.24. The third-order valence-electron chi connectivity index (χ3n) is 4.96. The highest BCUT2D eigenvalue weighted by atomic mass is 79.9. The van der Waals surface area contributed by atoms with Crippen molar-refractivity contribution in [3.8, 4) is 0 Å². The lowest BCUT2D eigenvalue weighted by atomic mass is 10.0. The van der Waals surface area contributed by atoms with Crippen LogP contribution in [0.15, 0.2) is 15.9 Å². The first-order chi connectivity index (χ1) is 7.76. The minimum absolute atomic E-state index is 0.457. The molecule has 96 valence electrons. The molecule has 1 atom stereocenters. The molecule has 1 unspecified atom stereocenters. The Morgan fingerprint density at radius 3 is 2.35 bits per heavy atom. The molecule has 0 spiro atoms. The van der Waals surface area contributed by atoms with Crippen LogP contribution in [0.2, 0.25) is 0 Å². The molecule has 1 aliphatic carbocycles. The Morgan fingerprint density at radius 2 is 1.94 bits per heavy atom. The highest BCUT2D eigenvalue weighted by Gasteiger charge is 2.63. The number of thiophene rings is 1. The summed E-state index contributed by atoms with van der Waals surface area (Å²) < 4.78 is 1.19. The fourth-order valence-electron chi connectivity index (χ4n) is 2.79. The summed E-state index contributed by atoms with van der Waals surface area (Å²) in [7, 11) is 0. The van der Waals surface area contributed by atoms with Gasteiger partial charge in [-0.25, -0.2) is 0 Å². The van der Waals surface area contributed by atoms with Gasteiger partial charge in [-0.2, -0.15) is 0 Å². The van der Waals surface area contributed by atoms with E-state index in [0.29, 0.717) is 16.9 Å². The van der Waals surface area contributed by atoms with Crippen LogP contribution in [-0.2, 0) is 0 Å². The van der Waals surface area contributed by atoms with E-state index in [-0.39, 0.29) is 0 Å². The van der Waals surface area contributed by atoms with Crippen LogP contribution in [0.1, 0.15) is 45.5 Å². The Morgan fingerprint density at radius 1 is 1.35 bits per heavy atom. The second-order valence-corrected chi connectivity index (χ2v) is 8.15. The number of nitrogens with one attached hydrogen (secondary N) is 1. The third-order valence-corrected chi connectivity index (χ3v) is 6.84. The van der Waals surface area contributed by atoms with Gasteiger partial charge >= 0.3 is 0 Å². The minimum Gasteiger partial charge on any atom is -0.309 e. The molecule has 1 fully saturated rings. The van der Waals surface area contributed by atoms with Crippen molar-refractivity contribution in [1.82, 2.24) is 5.32 Å². The van der Waals surface area contributed by atoms with E-state index in [4.69, 9.17) is 0 Å². The highest BCUT2D eigenvalue weighted by molar-refractivity contribution is 9.10. The monoisotopic (exact) mass is 315 g/mol. The highest BCUT2D eigenvalue weighted by Crippen LogP contribution is 2.68. The van der Waals surface area contributed by atoms with Crippen molar-refractivity contribution >= 4 is 27.3 Å². The van der Waals surface area contributed by atoms with Crippen molar-refractivity contribution in [3.05, 3.63) is 20.8 Å². The van der Waals surface area contributed by atoms with Gasteiger partial charge < -0.3 is 5.32 Å². The number of hydrogen-bond acceptors (Lipinski definition) is 2. The van der Waals surface area contributed by atoms with Crippen LogP contribution in [0.5, 0.6) is 0 Å². The van der Waals surface area contributed by atoms with Crippen molar-refractivity contribution in [2.75, 3.05) is 6.54 Å². The van der Waals surface area contributed by atoms with Crippen molar-refractivity contribution in [3.63, 3.8) is 0 Å². The Labute approximate surface area is 117 Å². The zero-order valence-corrected chi connectivity index (χ0v) is 13.7. The fourth-order valence-corrected chi connectivity index (χ4v) is 4.27. The first kappa shape index (κ1) is 13.6. The molecule has 2 rings (SSSR count). The summed E-state index contributed by atoms with van der Waals surface area (Å²) in [6.07, 6.45) is 0. The number of hydrogen-bond donors (Lipinski definition) is 1. The summed E-state index contributed by atoms with van der Waals surface area (Å²) in [5.41, 5.74) is 0.964. The van der Waals surface area contributed by atoms with Crippen LogP contribution in [0, 0.1) is 16.7 Å². The normalized spacial score (nSPS) is 23.6. The van der Waals surface area contributed by atoms with Crippen LogP contribution >= 0.6 is 27.3 Å². The maximum absolute atomic E-state index is 3.68. The standard InChI is InChI=1S/C14H22BrNS/c1-9(11-6-10(15)8-17-11)16-7-12-13(2,3)14(12,4)5/h6,8-9,12,16H,7H2,1-5H3. The predicted molar refractivity (Wildman–Crippen MR) is 79.5 cm³/mol. The Balaban J connectivity index is 1.88. The van der Waals surface area contributed by atoms with Crippen LogP contribution < -0.4 is 5.32 Å². The second kappa shape index (κ2) is 4.36. The quantitative estimate of drug-likeness (QED) is 0.838. The van der Waals surface area contributed by atoms with E-state index in [1.807, 2.05) is 11.3 Å². The fraction of sp³-hybridized carbons (Fsp3) is 0.714. The first-order valence-corrected chi connectivity index (χ1v) is 7.91. The van der Waals surface area contributed by atoms with Gasteiger partial charge in [0.25, 0.3) is 0 Å². The van der Waals surface area contributed by atoms with E-state index in [2.05, 4.69) is 67.3 Å². The number of halogens is 1. The number of rotatable bonds is 4. The largest absolute Gasteiger partial charge is 0.309 e. The van der Waals surface area contributed by atoms with Crippen molar-refractivity contribution in [2.45, 2.75) is 40.7 Å². The topological polar surface area (TPSA) is 12.0 Å². The van der Waals surface area contributed by atoms with Gasteiger partial charge in [0.05, 0.1) is 0 Å². The maximum Gasteiger partial charge on any atom is 0.0386 e. The smallest absolute Gasteiger partial charge is 0.0386 e. The third kappa shape index (κ3) is 2.34. The molecule has 0 radical (unpaired) electrons. The molecule has 1 heterocycles. The van der Waals surface area contributed by atoms with E-state index in [1.54, 1.807) is 0 Å². The lowest BCUT2D eigenvalue weighted by Crippen LogP contribution is -2.22. The van der Waals surface area contributed by atoms with E-state index < -0.39 is 0 Å². The molecule has 3 heteroatoms. The van der Waals surface area contributed by atoms with Gasteiger partial charge in [0.15, 0.2) is 0 Å². The van der Waals surface area contributed by atoms with Gasteiger partial charge in [-0.15, -0.1) is 11.3 Å². The summed E-state index contributed by atoms with van der Waals surface area (Å²) in [5.74, 6) is 0.792. The van der Waals surface area contributed by atoms with Gasteiger partial charge in [-0.1, -0.05) is 27.7 Å². The maximum atomic E-state index is 3.68. The van der Waals surface area contributed by atoms with Crippen LogP contribution in [0.3, 0.4) is 0 Å². The van der Waals surface area contributed by atoms with Gasteiger partial charge in [0.1, 0.15) is 0 Å². The Kier molecular flexibility index (Phi) is 3.48. The summed E-state index contributed by atoms with van der Waals surface area (Å²) in [6.45, 7) is 12.9.